The maximum absolute atomic E-state index is 12.5. The van der Waals surface area contributed by atoms with Gasteiger partial charge < -0.3 is 14.0 Å². The van der Waals surface area contributed by atoms with E-state index in [2.05, 4.69) is 19.6 Å². The molecule has 1 aliphatic carbocycles. The van der Waals surface area contributed by atoms with Crippen LogP contribution >= 0.6 is 0 Å². The second-order valence-electron chi connectivity index (χ2n) is 6.69. The highest BCUT2D eigenvalue weighted by atomic mass is 16.5. The van der Waals surface area contributed by atoms with Crippen LogP contribution in [0, 0.1) is 6.92 Å². The Labute approximate surface area is 141 Å². The van der Waals surface area contributed by atoms with E-state index in [1.54, 1.807) is 0 Å². The summed E-state index contributed by atoms with van der Waals surface area (Å²) >= 11 is 0. The third kappa shape index (κ3) is 3.21. The predicted molar refractivity (Wildman–Crippen MR) is 87.8 cm³/mol. The second-order valence-corrected chi connectivity index (χ2v) is 6.69. The van der Waals surface area contributed by atoms with Gasteiger partial charge >= 0.3 is 0 Å². The number of carbonyl (C=O) groups is 1. The summed E-state index contributed by atoms with van der Waals surface area (Å²) in [5.41, 5.74) is 0.458. The fourth-order valence-corrected chi connectivity index (χ4v) is 3.18. The summed E-state index contributed by atoms with van der Waals surface area (Å²) in [6.45, 7) is 7.22. The second kappa shape index (κ2) is 6.39. The number of hydrogen-bond acceptors (Lipinski definition) is 5. The molecule has 1 amide bonds. The van der Waals surface area contributed by atoms with Crippen LogP contribution in [-0.2, 0) is 6.54 Å². The normalized spacial score (nSPS) is 19.0. The van der Waals surface area contributed by atoms with Crippen molar-refractivity contribution in [3.05, 3.63) is 35.7 Å². The molecule has 0 N–H and O–H groups in total. The Morgan fingerprint density at radius 1 is 1.25 bits per heavy atom. The highest BCUT2D eigenvalue weighted by Gasteiger charge is 2.30. The molecule has 24 heavy (non-hydrogen) atoms. The number of nitrogens with zero attached hydrogens (tertiary/aromatic N) is 5. The van der Waals surface area contributed by atoms with Crippen LogP contribution in [0.4, 0.5) is 0 Å². The maximum atomic E-state index is 12.5. The van der Waals surface area contributed by atoms with E-state index in [0.29, 0.717) is 11.6 Å². The molecular weight excluding hydrogens is 306 g/mol. The molecule has 0 radical (unpaired) electrons. The Hall–Kier alpha value is -2.15. The molecule has 128 valence electrons. The van der Waals surface area contributed by atoms with Crippen molar-refractivity contribution in [2.45, 2.75) is 32.2 Å². The first kappa shape index (κ1) is 15.4. The summed E-state index contributed by atoms with van der Waals surface area (Å²) in [6, 6.07) is 1.83. The van der Waals surface area contributed by atoms with Gasteiger partial charge in [-0.05, 0) is 19.8 Å². The van der Waals surface area contributed by atoms with Crippen molar-refractivity contribution in [1.29, 1.82) is 0 Å². The van der Waals surface area contributed by atoms with Crippen molar-refractivity contribution < 1.29 is 9.32 Å². The molecule has 2 aromatic heterocycles. The molecule has 1 saturated carbocycles. The minimum Gasteiger partial charge on any atom is -0.360 e. The zero-order valence-corrected chi connectivity index (χ0v) is 14.0. The fraction of sp³-hybridized carbons (Fsp3) is 0.588. The van der Waals surface area contributed by atoms with E-state index in [4.69, 9.17) is 4.52 Å². The highest BCUT2D eigenvalue weighted by Crippen LogP contribution is 2.40. The lowest BCUT2D eigenvalue weighted by molar-refractivity contribution is 0.0623. The fourth-order valence-electron chi connectivity index (χ4n) is 3.18. The maximum Gasteiger partial charge on any atom is 0.276 e. The molecule has 0 spiro atoms. The summed E-state index contributed by atoms with van der Waals surface area (Å²) in [4.78, 5) is 21.0. The Kier molecular flexibility index (Phi) is 4.10. The number of aromatic nitrogens is 3. The van der Waals surface area contributed by atoms with E-state index in [1.807, 2.05) is 30.3 Å². The average molecular weight is 329 g/mol. The highest BCUT2D eigenvalue weighted by molar-refractivity contribution is 5.92. The molecule has 0 aromatic carbocycles. The number of piperazine rings is 1. The lowest BCUT2D eigenvalue weighted by atomic mass is 10.2. The van der Waals surface area contributed by atoms with Gasteiger partial charge in [0, 0.05) is 63.6 Å². The first-order valence-electron chi connectivity index (χ1n) is 8.66. The topological polar surface area (TPSA) is 67.4 Å². The van der Waals surface area contributed by atoms with Gasteiger partial charge in [0.1, 0.15) is 11.6 Å². The van der Waals surface area contributed by atoms with Crippen LogP contribution in [0.1, 0.15) is 40.8 Å². The van der Waals surface area contributed by atoms with E-state index in [0.717, 1.165) is 63.7 Å². The van der Waals surface area contributed by atoms with E-state index >= 15 is 0 Å². The van der Waals surface area contributed by atoms with E-state index < -0.39 is 0 Å². The Bertz CT molecular complexity index is 710. The van der Waals surface area contributed by atoms with Gasteiger partial charge in [-0.3, -0.25) is 9.69 Å². The van der Waals surface area contributed by atoms with Crippen molar-refractivity contribution >= 4 is 5.91 Å². The van der Waals surface area contributed by atoms with Gasteiger partial charge in [-0.15, -0.1) is 0 Å². The van der Waals surface area contributed by atoms with E-state index in [-0.39, 0.29) is 5.91 Å². The van der Waals surface area contributed by atoms with Crippen molar-refractivity contribution in [2.75, 3.05) is 32.7 Å². The third-order valence-corrected chi connectivity index (χ3v) is 4.97. The van der Waals surface area contributed by atoms with Crippen LogP contribution in [0.2, 0.25) is 0 Å². The van der Waals surface area contributed by atoms with Gasteiger partial charge in [0.05, 0.1) is 0 Å². The van der Waals surface area contributed by atoms with Gasteiger partial charge in [0.2, 0.25) is 0 Å². The molecule has 7 nitrogen and oxygen atoms in total. The molecule has 2 aromatic rings. The lowest BCUT2D eigenvalue weighted by Crippen LogP contribution is -2.49. The molecule has 2 fully saturated rings. The minimum absolute atomic E-state index is 0.00393. The third-order valence-electron chi connectivity index (χ3n) is 4.97. The molecule has 2 aliphatic rings. The van der Waals surface area contributed by atoms with Crippen LogP contribution < -0.4 is 0 Å². The summed E-state index contributed by atoms with van der Waals surface area (Å²) in [7, 11) is 0. The van der Waals surface area contributed by atoms with Crippen molar-refractivity contribution in [3.63, 3.8) is 0 Å². The van der Waals surface area contributed by atoms with E-state index in [1.165, 1.54) is 0 Å². The van der Waals surface area contributed by atoms with Crippen LogP contribution in [0.25, 0.3) is 0 Å². The molecule has 1 saturated heterocycles. The first-order valence-corrected chi connectivity index (χ1v) is 8.66. The molecule has 0 bridgehead atoms. The summed E-state index contributed by atoms with van der Waals surface area (Å²) in [5.74, 6) is 2.40. The molecule has 3 heterocycles. The number of aryl methyl sites for hydroxylation is 1. The predicted octanol–water partition coefficient (Wildman–Crippen LogP) is 1.51. The number of amides is 1. The molecule has 0 unspecified atom stereocenters. The van der Waals surface area contributed by atoms with Crippen molar-refractivity contribution in [2.24, 2.45) is 0 Å². The van der Waals surface area contributed by atoms with Crippen molar-refractivity contribution in [3.8, 4) is 0 Å². The zero-order valence-electron chi connectivity index (χ0n) is 14.0. The Morgan fingerprint density at radius 2 is 2.04 bits per heavy atom. The number of hydrogen-bond donors (Lipinski definition) is 0. The molecule has 0 atom stereocenters. The van der Waals surface area contributed by atoms with Gasteiger partial charge in [0.25, 0.3) is 5.91 Å². The average Bonchev–Trinajstić information content (AvgIpc) is 3.19. The Balaban J connectivity index is 1.27. The molecule has 1 aliphatic heterocycles. The van der Waals surface area contributed by atoms with Crippen LogP contribution in [-0.4, -0.2) is 63.1 Å². The number of carbonyl (C=O) groups excluding carboxylic acids is 1. The van der Waals surface area contributed by atoms with Gasteiger partial charge in [-0.25, -0.2) is 4.98 Å². The summed E-state index contributed by atoms with van der Waals surface area (Å²) < 4.78 is 7.46. The molecular formula is C17H23N5O2. The zero-order chi connectivity index (χ0) is 16.5. The van der Waals surface area contributed by atoms with Gasteiger partial charge in [-0.1, -0.05) is 5.16 Å². The summed E-state index contributed by atoms with van der Waals surface area (Å²) in [5, 5.41) is 3.96. The monoisotopic (exact) mass is 329 g/mol. The number of imidazole rings is 1. The number of rotatable bonds is 5. The largest absolute Gasteiger partial charge is 0.360 e. The SMILES string of the molecule is Cc1nccn1CCN1CCN(C(=O)c2cc(C3CC3)on2)CC1. The minimum atomic E-state index is -0.00393. The van der Waals surface area contributed by atoms with Gasteiger partial charge in [-0.2, -0.15) is 0 Å². The van der Waals surface area contributed by atoms with Crippen LogP contribution in [0.5, 0.6) is 0 Å². The van der Waals surface area contributed by atoms with Crippen molar-refractivity contribution in [1.82, 2.24) is 24.5 Å². The molecule has 7 heteroatoms. The standard InChI is InChI=1S/C17H23N5O2/c1-13-18-4-5-21(13)9-6-20-7-10-22(11-8-20)17(23)15-12-16(24-19-15)14-2-3-14/h4-5,12,14H,2-3,6-11H2,1H3. The summed E-state index contributed by atoms with van der Waals surface area (Å²) in [6.07, 6.45) is 6.15. The molecule has 4 rings (SSSR count). The Morgan fingerprint density at radius 3 is 2.71 bits per heavy atom. The quantitative estimate of drug-likeness (QED) is 0.832. The lowest BCUT2D eigenvalue weighted by Gasteiger charge is -2.34. The van der Waals surface area contributed by atoms with Crippen LogP contribution in [0.3, 0.4) is 0 Å². The van der Waals surface area contributed by atoms with Crippen LogP contribution in [0.15, 0.2) is 23.0 Å². The first-order chi connectivity index (χ1) is 11.7. The smallest absolute Gasteiger partial charge is 0.276 e. The van der Waals surface area contributed by atoms with Gasteiger partial charge in [0.15, 0.2) is 5.69 Å². The van der Waals surface area contributed by atoms with E-state index in [9.17, 15) is 4.79 Å².